The highest BCUT2D eigenvalue weighted by molar-refractivity contribution is 5.95. The molecular weight excluding hydrogens is 382 g/mol. The molecule has 0 aromatic heterocycles. The van der Waals surface area contributed by atoms with E-state index >= 15 is 0 Å². The van der Waals surface area contributed by atoms with E-state index in [1.165, 1.54) is 5.56 Å². The summed E-state index contributed by atoms with van der Waals surface area (Å²) in [7, 11) is 0. The molecule has 0 bridgehead atoms. The standard InChI is InChI=1S/C27H31N3O/c31-27(28-26-15-8-7-14-25(26)24-12-5-2-6-13-24)16-19-29-17-9-18-30(21-20-29)22-23-10-3-1-4-11-23/h1-8,10-15H,9,16-22H2,(H,28,31). The maximum atomic E-state index is 12.7. The summed E-state index contributed by atoms with van der Waals surface area (Å²) in [5.74, 6) is 0.0776. The third kappa shape index (κ3) is 6.27. The first-order valence-corrected chi connectivity index (χ1v) is 11.2. The predicted octanol–water partition coefficient (Wildman–Crippen LogP) is 4.89. The number of benzene rings is 3. The summed E-state index contributed by atoms with van der Waals surface area (Å²) in [5.41, 5.74) is 4.42. The van der Waals surface area contributed by atoms with Crippen molar-refractivity contribution in [3.05, 3.63) is 90.5 Å². The molecule has 1 aliphatic rings. The van der Waals surface area contributed by atoms with Crippen molar-refractivity contribution < 1.29 is 4.79 Å². The van der Waals surface area contributed by atoms with Gasteiger partial charge in [-0.2, -0.15) is 0 Å². The van der Waals surface area contributed by atoms with Gasteiger partial charge in [-0.05, 0) is 36.7 Å². The molecule has 0 radical (unpaired) electrons. The zero-order valence-electron chi connectivity index (χ0n) is 18.0. The lowest BCUT2D eigenvalue weighted by Gasteiger charge is -2.22. The Morgan fingerprint density at radius 1 is 0.742 bits per heavy atom. The summed E-state index contributed by atoms with van der Waals surface area (Å²) < 4.78 is 0. The first-order valence-electron chi connectivity index (χ1n) is 11.2. The first kappa shape index (κ1) is 21.3. The van der Waals surface area contributed by atoms with Crippen molar-refractivity contribution >= 4 is 11.6 Å². The van der Waals surface area contributed by atoms with E-state index in [-0.39, 0.29) is 5.91 Å². The Labute approximate surface area is 185 Å². The molecule has 3 aromatic rings. The maximum Gasteiger partial charge on any atom is 0.225 e. The zero-order chi connectivity index (χ0) is 21.3. The fraction of sp³-hybridized carbons (Fsp3) is 0.296. The summed E-state index contributed by atoms with van der Waals surface area (Å²) in [6.45, 7) is 6.04. The number of carbonyl (C=O) groups excluding carboxylic acids is 1. The Morgan fingerprint density at radius 2 is 1.39 bits per heavy atom. The normalized spacial score (nSPS) is 15.4. The maximum absolute atomic E-state index is 12.7. The molecule has 1 amide bonds. The second-order valence-corrected chi connectivity index (χ2v) is 8.17. The molecule has 0 aliphatic carbocycles. The summed E-state index contributed by atoms with van der Waals surface area (Å²) >= 11 is 0. The Hall–Kier alpha value is -2.95. The molecule has 0 saturated carbocycles. The molecule has 0 spiro atoms. The van der Waals surface area contributed by atoms with Crippen LogP contribution in [0.4, 0.5) is 5.69 Å². The van der Waals surface area contributed by atoms with Gasteiger partial charge < -0.3 is 10.2 Å². The van der Waals surface area contributed by atoms with Crippen molar-refractivity contribution in [3.8, 4) is 11.1 Å². The number of amides is 1. The second-order valence-electron chi connectivity index (χ2n) is 8.17. The van der Waals surface area contributed by atoms with Crippen molar-refractivity contribution in [2.24, 2.45) is 0 Å². The number of anilines is 1. The molecule has 0 atom stereocenters. The summed E-state index contributed by atoms with van der Waals surface area (Å²) in [5, 5.41) is 3.13. The number of nitrogens with zero attached hydrogens (tertiary/aromatic N) is 2. The molecular formula is C27H31N3O. The van der Waals surface area contributed by atoms with Crippen LogP contribution in [0.1, 0.15) is 18.4 Å². The van der Waals surface area contributed by atoms with Crippen LogP contribution in [0.2, 0.25) is 0 Å². The smallest absolute Gasteiger partial charge is 0.225 e. The molecule has 1 N–H and O–H groups in total. The monoisotopic (exact) mass is 413 g/mol. The highest BCUT2D eigenvalue weighted by Crippen LogP contribution is 2.27. The van der Waals surface area contributed by atoms with Crippen molar-refractivity contribution in [3.63, 3.8) is 0 Å². The molecule has 31 heavy (non-hydrogen) atoms. The molecule has 1 fully saturated rings. The minimum atomic E-state index is 0.0776. The molecule has 4 heteroatoms. The minimum absolute atomic E-state index is 0.0776. The lowest BCUT2D eigenvalue weighted by Crippen LogP contribution is -2.32. The van der Waals surface area contributed by atoms with Crippen LogP contribution in [0, 0.1) is 0 Å². The van der Waals surface area contributed by atoms with Crippen LogP contribution >= 0.6 is 0 Å². The second kappa shape index (κ2) is 10.9. The summed E-state index contributed by atoms with van der Waals surface area (Å²) in [4.78, 5) is 17.6. The van der Waals surface area contributed by atoms with Gasteiger partial charge in [0.1, 0.15) is 0 Å². The van der Waals surface area contributed by atoms with Gasteiger partial charge in [-0.1, -0.05) is 78.9 Å². The van der Waals surface area contributed by atoms with E-state index in [1.54, 1.807) is 0 Å². The van der Waals surface area contributed by atoms with E-state index in [1.807, 2.05) is 36.4 Å². The third-order valence-electron chi connectivity index (χ3n) is 5.87. The van der Waals surface area contributed by atoms with Gasteiger partial charge in [-0.3, -0.25) is 9.69 Å². The molecule has 1 saturated heterocycles. The number of carbonyl (C=O) groups is 1. The van der Waals surface area contributed by atoms with Crippen molar-refractivity contribution in [2.45, 2.75) is 19.4 Å². The molecule has 160 valence electrons. The van der Waals surface area contributed by atoms with Crippen LogP contribution in [-0.4, -0.2) is 48.4 Å². The van der Waals surface area contributed by atoms with Gasteiger partial charge in [0.15, 0.2) is 0 Å². The average Bonchev–Trinajstić information content (AvgIpc) is 3.04. The van der Waals surface area contributed by atoms with E-state index < -0.39 is 0 Å². The van der Waals surface area contributed by atoms with Crippen molar-refractivity contribution in [1.29, 1.82) is 0 Å². The Kier molecular flexibility index (Phi) is 7.48. The van der Waals surface area contributed by atoms with Crippen molar-refractivity contribution in [2.75, 3.05) is 38.0 Å². The average molecular weight is 414 g/mol. The molecule has 1 heterocycles. The molecule has 3 aromatic carbocycles. The van der Waals surface area contributed by atoms with E-state index in [2.05, 4.69) is 63.6 Å². The number of hydrogen-bond acceptors (Lipinski definition) is 3. The quantitative estimate of drug-likeness (QED) is 0.599. The topological polar surface area (TPSA) is 35.6 Å². The Bertz CT molecular complexity index is 958. The number of hydrogen-bond donors (Lipinski definition) is 1. The van der Waals surface area contributed by atoms with Gasteiger partial charge in [-0.15, -0.1) is 0 Å². The Balaban J connectivity index is 1.27. The molecule has 4 rings (SSSR count). The fourth-order valence-electron chi connectivity index (χ4n) is 4.18. The first-order chi connectivity index (χ1) is 15.3. The van der Waals surface area contributed by atoms with Gasteiger partial charge >= 0.3 is 0 Å². The van der Waals surface area contributed by atoms with Crippen LogP contribution in [0.3, 0.4) is 0 Å². The minimum Gasteiger partial charge on any atom is -0.325 e. The van der Waals surface area contributed by atoms with Crippen molar-refractivity contribution in [1.82, 2.24) is 9.80 Å². The van der Waals surface area contributed by atoms with Gasteiger partial charge in [0.05, 0.1) is 0 Å². The van der Waals surface area contributed by atoms with Crippen LogP contribution in [0.25, 0.3) is 11.1 Å². The number of nitrogens with one attached hydrogen (secondary N) is 1. The predicted molar refractivity (Wildman–Crippen MR) is 128 cm³/mol. The Morgan fingerprint density at radius 3 is 2.19 bits per heavy atom. The van der Waals surface area contributed by atoms with Crippen LogP contribution < -0.4 is 5.32 Å². The van der Waals surface area contributed by atoms with Crippen LogP contribution in [0.15, 0.2) is 84.9 Å². The van der Waals surface area contributed by atoms with E-state index in [9.17, 15) is 4.79 Å². The van der Waals surface area contributed by atoms with E-state index in [0.29, 0.717) is 6.42 Å². The van der Waals surface area contributed by atoms with Crippen LogP contribution in [0.5, 0.6) is 0 Å². The lowest BCUT2D eigenvalue weighted by molar-refractivity contribution is -0.116. The van der Waals surface area contributed by atoms with Gasteiger partial charge in [0.2, 0.25) is 5.91 Å². The molecule has 0 unspecified atom stereocenters. The van der Waals surface area contributed by atoms with Gasteiger partial charge in [0.25, 0.3) is 0 Å². The highest BCUT2D eigenvalue weighted by atomic mass is 16.1. The van der Waals surface area contributed by atoms with Gasteiger partial charge in [-0.25, -0.2) is 0 Å². The SMILES string of the molecule is O=C(CCN1CCCN(Cc2ccccc2)CC1)Nc1ccccc1-c1ccccc1. The highest BCUT2D eigenvalue weighted by Gasteiger charge is 2.16. The third-order valence-corrected chi connectivity index (χ3v) is 5.87. The summed E-state index contributed by atoms with van der Waals surface area (Å²) in [6.07, 6.45) is 1.66. The van der Waals surface area contributed by atoms with Gasteiger partial charge in [0, 0.05) is 43.9 Å². The van der Waals surface area contributed by atoms with Crippen LogP contribution in [-0.2, 0) is 11.3 Å². The zero-order valence-corrected chi connectivity index (χ0v) is 18.0. The van der Waals surface area contributed by atoms with E-state index in [0.717, 1.165) is 62.5 Å². The number of rotatable bonds is 7. The fourth-order valence-corrected chi connectivity index (χ4v) is 4.18. The molecule has 1 aliphatic heterocycles. The lowest BCUT2D eigenvalue weighted by atomic mass is 10.0. The largest absolute Gasteiger partial charge is 0.325 e. The summed E-state index contributed by atoms with van der Waals surface area (Å²) in [6, 6.07) is 28.9. The molecule has 4 nitrogen and oxygen atoms in total. The van der Waals surface area contributed by atoms with E-state index in [4.69, 9.17) is 0 Å². The number of para-hydroxylation sites is 1.